The Labute approximate surface area is 144 Å². The molecule has 0 aromatic heterocycles. The van der Waals surface area contributed by atoms with Crippen LogP contribution in [0, 0.1) is 5.92 Å². The zero-order chi connectivity index (χ0) is 17.1. The molecular weight excluding hydrogens is 304 g/mol. The summed E-state index contributed by atoms with van der Waals surface area (Å²) >= 11 is 0. The van der Waals surface area contributed by atoms with Gasteiger partial charge in [0, 0.05) is 19.1 Å². The molecule has 5 nitrogen and oxygen atoms in total. The Bertz CT molecular complexity index is 577. The van der Waals surface area contributed by atoms with Crippen LogP contribution in [0.5, 0.6) is 5.75 Å². The van der Waals surface area contributed by atoms with E-state index in [1.54, 1.807) is 6.07 Å². The van der Waals surface area contributed by atoms with Crippen LogP contribution in [0.1, 0.15) is 31.7 Å². The lowest BCUT2D eigenvalue weighted by atomic mass is 9.84. The summed E-state index contributed by atoms with van der Waals surface area (Å²) in [5.41, 5.74) is 0.790. The van der Waals surface area contributed by atoms with Gasteiger partial charge in [-0.15, -0.1) is 0 Å². The molecule has 132 valence electrons. The van der Waals surface area contributed by atoms with Gasteiger partial charge in [-0.05, 0) is 63.4 Å². The van der Waals surface area contributed by atoms with Gasteiger partial charge in [0.1, 0.15) is 5.75 Å². The van der Waals surface area contributed by atoms with Gasteiger partial charge in [0.2, 0.25) is 0 Å². The average Bonchev–Trinajstić information content (AvgIpc) is 2.61. The summed E-state index contributed by atoms with van der Waals surface area (Å²) in [5, 5.41) is 9.21. The van der Waals surface area contributed by atoms with E-state index in [1.807, 2.05) is 30.0 Å². The van der Waals surface area contributed by atoms with Crippen LogP contribution in [-0.2, 0) is 11.4 Å². The maximum absolute atomic E-state index is 12.8. The van der Waals surface area contributed by atoms with Crippen molar-refractivity contribution in [1.82, 2.24) is 9.80 Å². The Morgan fingerprint density at radius 1 is 1.38 bits per heavy atom. The lowest BCUT2D eigenvalue weighted by Gasteiger charge is -2.46. The van der Waals surface area contributed by atoms with Crippen molar-refractivity contribution in [3.05, 3.63) is 29.8 Å². The number of rotatable bonds is 4. The zero-order valence-corrected chi connectivity index (χ0v) is 14.6. The third-order valence-electron chi connectivity index (χ3n) is 5.40. The third kappa shape index (κ3) is 3.73. The lowest BCUT2D eigenvalue weighted by Crippen LogP contribution is -2.55. The number of fused-ring (bicyclic) bond motifs is 1. The average molecular weight is 332 g/mol. The Hall–Kier alpha value is -1.59. The first-order valence-corrected chi connectivity index (χ1v) is 8.94. The van der Waals surface area contributed by atoms with Crippen LogP contribution in [0.3, 0.4) is 0 Å². The number of ether oxygens (including phenoxy) is 1. The van der Waals surface area contributed by atoms with Crippen LogP contribution < -0.4 is 4.74 Å². The largest absolute Gasteiger partial charge is 0.481 e. The number of piperidine rings is 2. The predicted octanol–water partition coefficient (Wildman–Crippen LogP) is 1.89. The van der Waals surface area contributed by atoms with Gasteiger partial charge < -0.3 is 19.6 Å². The molecule has 0 saturated carbocycles. The summed E-state index contributed by atoms with van der Waals surface area (Å²) < 4.78 is 5.82. The Morgan fingerprint density at radius 2 is 2.21 bits per heavy atom. The molecule has 0 spiro atoms. The van der Waals surface area contributed by atoms with Crippen LogP contribution in [0.4, 0.5) is 0 Å². The summed E-state index contributed by atoms with van der Waals surface area (Å²) in [6, 6.07) is 7.91. The molecule has 0 aliphatic carbocycles. The van der Waals surface area contributed by atoms with Crippen molar-refractivity contribution in [3.63, 3.8) is 0 Å². The molecule has 3 unspecified atom stereocenters. The number of aliphatic hydroxyl groups excluding tert-OH is 1. The number of nitrogens with zero attached hydrogens (tertiary/aromatic N) is 2. The number of hydrogen-bond acceptors (Lipinski definition) is 4. The van der Waals surface area contributed by atoms with E-state index in [1.165, 1.54) is 19.4 Å². The van der Waals surface area contributed by atoms with Gasteiger partial charge in [-0.1, -0.05) is 12.1 Å². The number of likely N-dealkylation sites (tertiary alicyclic amines) is 2. The molecule has 1 amide bonds. The van der Waals surface area contributed by atoms with Crippen LogP contribution >= 0.6 is 0 Å². The third-order valence-corrected chi connectivity index (χ3v) is 5.40. The molecule has 0 bridgehead atoms. The van der Waals surface area contributed by atoms with Gasteiger partial charge in [-0.2, -0.15) is 0 Å². The van der Waals surface area contributed by atoms with Gasteiger partial charge in [0.05, 0.1) is 6.61 Å². The number of aliphatic hydroxyl groups is 1. The Kier molecular flexibility index (Phi) is 5.41. The second kappa shape index (κ2) is 7.53. The maximum Gasteiger partial charge on any atom is 0.263 e. The molecule has 3 atom stereocenters. The minimum atomic E-state index is -0.503. The molecule has 2 aliphatic heterocycles. The van der Waals surface area contributed by atoms with Crippen LogP contribution in [0.15, 0.2) is 24.3 Å². The van der Waals surface area contributed by atoms with Gasteiger partial charge in [-0.3, -0.25) is 4.79 Å². The minimum Gasteiger partial charge on any atom is -0.481 e. The van der Waals surface area contributed by atoms with Crippen molar-refractivity contribution < 1.29 is 14.6 Å². The Morgan fingerprint density at radius 3 is 3.00 bits per heavy atom. The number of hydrogen-bond donors (Lipinski definition) is 1. The first kappa shape index (κ1) is 17.2. The molecule has 2 fully saturated rings. The van der Waals surface area contributed by atoms with Gasteiger partial charge >= 0.3 is 0 Å². The van der Waals surface area contributed by atoms with E-state index in [9.17, 15) is 9.90 Å². The maximum atomic E-state index is 12.8. The Balaban J connectivity index is 1.59. The highest BCUT2D eigenvalue weighted by atomic mass is 16.5. The van der Waals surface area contributed by atoms with Crippen molar-refractivity contribution in [2.45, 2.75) is 44.9 Å². The fraction of sp³-hybridized carbons (Fsp3) is 0.632. The SMILES string of the molecule is CC(Oc1cccc(CO)c1)C(=O)N1CCC2C(CCCN2C)C1. The van der Waals surface area contributed by atoms with Gasteiger partial charge in [0.25, 0.3) is 5.91 Å². The molecule has 2 aliphatic rings. The van der Waals surface area contributed by atoms with Crippen molar-refractivity contribution in [2.75, 3.05) is 26.7 Å². The van der Waals surface area contributed by atoms with E-state index in [2.05, 4.69) is 11.9 Å². The highest BCUT2D eigenvalue weighted by molar-refractivity contribution is 5.81. The molecule has 1 N–H and O–H groups in total. The number of carbonyl (C=O) groups is 1. The van der Waals surface area contributed by atoms with Gasteiger partial charge in [0.15, 0.2) is 6.10 Å². The van der Waals surface area contributed by atoms with Crippen molar-refractivity contribution in [3.8, 4) is 5.75 Å². The van der Waals surface area contributed by atoms with Crippen molar-refractivity contribution in [1.29, 1.82) is 0 Å². The zero-order valence-electron chi connectivity index (χ0n) is 14.6. The predicted molar refractivity (Wildman–Crippen MR) is 92.8 cm³/mol. The van der Waals surface area contributed by atoms with Crippen LogP contribution in [-0.4, -0.2) is 59.6 Å². The van der Waals surface area contributed by atoms with Gasteiger partial charge in [-0.25, -0.2) is 0 Å². The van der Waals surface area contributed by atoms with Crippen LogP contribution in [0.2, 0.25) is 0 Å². The summed E-state index contributed by atoms with van der Waals surface area (Å²) in [7, 11) is 2.20. The topological polar surface area (TPSA) is 53.0 Å². The van der Waals surface area contributed by atoms with E-state index < -0.39 is 6.10 Å². The first-order valence-electron chi connectivity index (χ1n) is 8.94. The van der Waals surface area contributed by atoms with E-state index in [0.29, 0.717) is 17.7 Å². The number of carbonyl (C=O) groups excluding carboxylic acids is 1. The number of amides is 1. The monoisotopic (exact) mass is 332 g/mol. The number of benzene rings is 1. The fourth-order valence-corrected chi connectivity index (χ4v) is 4.08. The molecule has 2 heterocycles. The fourth-order valence-electron chi connectivity index (χ4n) is 4.08. The van der Waals surface area contributed by atoms with E-state index in [-0.39, 0.29) is 12.5 Å². The molecular formula is C19H28N2O3. The van der Waals surface area contributed by atoms with E-state index >= 15 is 0 Å². The summed E-state index contributed by atoms with van der Waals surface area (Å²) in [6.07, 6.45) is 2.99. The summed E-state index contributed by atoms with van der Waals surface area (Å²) in [5.74, 6) is 1.29. The highest BCUT2D eigenvalue weighted by Gasteiger charge is 2.36. The second-order valence-electron chi connectivity index (χ2n) is 7.09. The first-order chi connectivity index (χ1) is 11.6. The standard InChI is InChI=1S/C19H28N2O3/c1-14(24-17-7-3-5-15(11-17)13-22)19(23)21-10-8-18-16(12-21)6-4-9-20(18)2/h3,5,7,11,14,16,18,22H,4,6,8-10,12-13H2,1-2H3. The molecule has 0 radical (unpaired) electrons. The highest BCUT2D eigenvalue weighted by Crippen LogP contribution is 2.30. The molecule has 2 saturated heterocycles. The van der Waals surface area contributed by atoms with Crippen molar-refractivity contribution in [2.24, 2.45) is 5.92 Å². The second-order valence-corrected chi connectivity index (χ2v) is 7.09. The molecule has 1 aromatic carbocycles. The smallest absolute Gasteiger partial charge is 0.263 e. The summed E-state index contributed by atoms with van der Waals surface area (Å²) in [6.45, 7) is 4.62. The normalized spacial score (nSPS) is 25.9. The quantitative estimate of drug-likeness (QED) is 0.915. The van der Waals surface area contributed by atoms with E-state index in [0.717, 1.165) is 25.1 Å². The summed E-state index contributed by atoms with van der Waals surface area (Å²) in [4.78, 5) is 17.2. The minimum absolute atomic E-state index is 0.0256. The van der Waals surface area contributed by atoms with Crippen molar-refractivity contribution >= 4 is 5.91 Å². The lowest BCUT2D eigenvalue weighted by molar-refractivity contribution is -0.141. The van der Waals surface area contributed by atoms with E-state index in [4.69, 9.17) is 4.74 Å². The molecule has 1 aromatic rings. The van der Waals surface area contributed by atoms with Crippen LogP contribution in [0.25, 0.3) is 0 Å². The molecule has 3 rings (SSSR count). The molecule has 5 heteroatoms. The molecule has 24 heavy (non-hydrogen) atoms.